The number of nitrogens with zero attached hydrogens (tertiary/aromatic N) is 1. The van der Waals surface area contributed by atoms with Crippen LogP contribution in [0.5, 0.6) is 0 Å². The molecule has 1 nitrogen and oxygen atoms in total. The van der Waals surface area contributed by atoms with Crippen LogP contribution in [-0.4, -0.2) is 9.90 Å². The highest BCUT2D eigenvalue weighted by molar-refractivity contribution is 9.09. The molecule has 2 rings (SSSR count). The second-order valence-electron chi connectivity index (χ2n) is 5.03. The molecule has 0 unspecified atom stereocenters. The molecule has 1 aromatic rings. The normalized spacial score (nSPS) is 11.3. The van der Waals surface area contributed by atoms with Gasteiger partial charge >= 0.3 is 0 Å². The summed E-state index contributed by atoms with van der Waals surface area (Å²) in [6.07, 6.45) is 15.9. The first-order valence-electron chi connectivity index (χ1n) is 8.51. The molecule has 0 amide bonds. The Kier molecular flexibility index (Phi) is 12.5. The Labute approximate surface area is 151 Å². The van der Waals surface area contributed by atoms with Crippen molar-refractivity contribution in [1.82, 2.24) is 4.57 Å². The van der Waals surface area contributed by atoms with Crippen molar-refractivity contribution < 1.29 is 0 Å². The summed E-state index contributed by atoms with van der Waals surface area (Å²) < 4.78 is 2.42. The standard InChI is InChI=1S/C16H20BrN.C3H6.C2H6/c1-3-15-13(2)14-9-5-4-6-10-16(14)18(15)12-8-7-11-17;1-3-2;1-2/h3-6,10H,1,7-9,11-12H2,2H3;3H,1H2,2H3;1-2H3. The molecule has 2 heteroatoms. The van der Waals surface area contributed by atoms with Gasteiger partial charge in [0.05, 0.1) is 0 Å². The third kappa shape index (κ3) is 6.39. The van der Waals surface area contributed by atoms with Crippen LogP contribution >= 0.6 is 15.9 Å². The fraction of sp³-hybridized carbons (Fsp3) is 0.429. The summed E-state index contributed by atoms with van der Waals surface area (Å²) in [5.41, 5.74) is 5.49. The Balaban J connectivity index is 0.000000868. The van der Waals surface area contributed by atoms with Crippen LogP contribution in [0.2, 0.25) is 0 Å². The van der Waals surface area contributed by atoms with Gasteiger partial charge in [0.2, 0.25) is 0 Å². The van der Waals surface area contributed by atoms with E-state index >= 15 is 0 Å². The van der Waals surface area contributed by atoms with E-state index in [0.29, 0.717) is 0 Å². The van der Waals surface area contributed by atoms with Crippen molar-refractivity contribution in [3.05, 3.63) is 60.0 Å². The lowest BCUT2D eigenvalue weighted by atomic mass is 10.1. The summed E-state index contributed by atoms with van der Waals surface area (Å²) in [5, 5.41) is 1.08. The topological polar surface area (TPSA) is 4.93 Å². The van der Waals surface area contributed by atoms with E-state index in [1.54, 1.807) is 6.08 Å². The van der Waals surface area contributed by atoms with Crippen LogP contribution in [0.4, 0.5) is 0 Å². The van der Waals surface area contributed by atoms with Gasteiger partial charge in [-0.15, -0.1) is 6.58 Å². The van der Waals surface area contributed by atoms with Crippen LogP contribution in [0.15, 0.2) is 37.5 Å². The minimum absolute atomic E-state index is 1.03. The van der Waals surface area contributed by atoms with E-state index in [9.17, 15) is 0 Å². The van der Waals surface area contributed by atoms with Crippen molar-refractivity contribution in [2.45, 2.75) is 53.5 Å². The van der Waals surface area contributed by atoms with E-state index in [2.05, 4.69) is 64.9 Å². The van der Waals surface area contributed by atoms with E-state index in [1.807, 2.05) is 26.8 Å². The molecule has 0 fully saturated rings. The lowest BCUT2D eigenvalue weighted by molar-refractivity contribution is 0.630. The van der Waals surface area contributed by atoms with Gasteiger partial charge in [0.1, 0.15) is 0 Å². The molecule has 0 spiro atoms. The average molecular weight is 378 g/mol. The van der Waals surface area contributed by atoms with Gasteiger partial charge in [-0.25, -0.2) is 0 Å². The fourth-order valence-electron chi connectivity index (χ4n) is 2.57. The maximum Gasteiger partial charge on any atom is 0.0449 e. The third-order valence-corrected chi connectivity index (χ3v) is 4.07. The molecular weight excluding hydrogens is 346 g/mol. The number of halogens is 1. The van der Waals surface area contributed by atoms with Crippen molar-refractivity contribution in [2.24, 2.45) is 0 Å². The number of fused-ring (bicyclic) bond motifs is 1. The smallest absolute Gasteiger partial charge is 0.0449 e. The molecular formula is C21H32BrN. The molecule has 128 valence electrons. The predicted molar refractivity (Wildman–Crippen MR) is 111 cm³/mol. The summed E-state index contributed by atoms with van der Waals surface area (Å²) in [6, 6.07) is 0. The first-order valence-corrected chi connectivity index (χ1v) is 9.64. The van der Waals surface area contributed by atoms with Gasteiger partial charge in [-0.3, -0.25) is 0 Å². The molecule has 0 aromatic carbocycles. The second-order valence-corrected chi connectivity index (χ2v) is 5.82. The number of hydrogen-bond donors (Lipinski definition) is 0. The molecule has 1 aliphatic rings. The van der Waals surface area contributed by atoms with Crippen LogP contribution in [0, 0.1) is 6.92 Å². The quantitative estimate of drug-likeness (QED) is 0.297. The van der Waals surface area contributed by atoms with Gasteiger partial charge in [-0.1, -0.05) is 60.7 Å². The molecule has 1 aromatic heterocycles. The highest BCUT2D eigenvalue weighted by Gasteiger charge is 2.16. The highest BCUT2D eigenvalue weighted by atomic mass is 79.9. The fourth-order valence-corrected chi connectivity index (χ4v) is 2.97. The van der Waals surface area contributed by atoms with Gasteiger partial charge in [0.15, 0.2) is 0 Å². The summed E-state index contributed by atoms with van der Waals surface area (Å²) in [7, 11) is 0. The lowest BCUT2D eigenvalue weighted by Gasteiger charge is -2.09. The monoisotopic (exact) mass is 377 g/mol. The minimum atomic E-state index is 1.03. The van der Waals surface area contributed by atoms with Crippen LogP contribution in [0.3, 0.4) is 0 Å². The Morgan fingerprint density at radius 2 is 1.87 bits per heavy atom. The van der Waals surface area contributed by atoms with Crippen LogP contribution in [0.25, 0.3) is 12.2 Å². The molecule has 0 N–H and O–H groups in total. The molecule has 23 heavy (non-hydrogen) atoms. The first-order chi connectivity index (χ1) is 11.2. The number of allylic oxidation sites excluding steroid dienone is 4. The number of unbranched alkanes of at least 4 members (excludes halogenated alkanes) is 1. The Bertz CT molecular complexity index is 533. The van der Waals surface area contributed by atoms with E-state index < -0.39 is 0 Å². The number of hydrogen-bond acceptors (Lipinski definition) is 0. The van der Waals surface area contributed by atoms with Gasteiger partial charge in [0, 0.05) is 23.3 Å². The molecule has 0 bridgehead atoms. The van der Waals surface area contributed by atoms with Gasteiger partial charge in [0.25, 0.3) is 0 Å². The maximum atomic E-state index is 3.98. The predicted octanol–water partition coefficient (Wildman–Crippen LogP) is 6.96. The van der Waals surface area contributed by atoms with E-state index in [-0.39, 0.29) is 0 Å². The SMILES string of the molecule is C=CC.C=Cc1c(C)c2c(n1CCCCBr)C=CC=CC2.CC. The Morgan fingerprint density at radius 3 is 2.43 bits per heavy atom. The van der Waals surface area contributed by atoms with Gasteiger partial charge < -0.3 is 4.57 Å². The van der Waals surface area contributed by atoms with E-state index in [0.717, 1.165) is 18.3 Å². The summed E-state index contributed by atoms with van der Waals surface area (Å²) >= 11 is 3.50. The zero-order valence-electron chi connectivity index (χ0n) is 15.2. The number of alkyl halides is 1. The van der Waals surface area contributed by atoms with Crippen molar-refractivity contribution in [3.8, 4) is 0 Å². The molecule has 1 aliphatic carbocycles. The highest BCUT2D eigenvalue weighted by Crippen LogP contribution is 2.27. The van der Waals surface area contributed by atoms with Crippen molar-refractivity contribution in [3.63, 3.8) is 0 Å². The van der Waals surface area contributed by atoms with Gasteiger partial charge in [-0.05, 0) is 56.4 Å². The van der Waals surface area contributed by atoms with Crippen LogP contribution < -0.4 is 0 Å². The van der Waals surface area contributed by atoms with E-state index in [4.69, 9.17) is 0 Å². The average Bonchev–Trinajstić information content (AvgIpc) is 2.74. The van der Waals surface area contributed by atoms with Crippen LogP contribution in [0.1, 0.15) is 56.1 Å². The summed E-state index contributed by atoms with van der Waals surface area (Å²) in [4.78, 5) is 0. The molecule has 0 aliphatic heterocycles. The molecule has 0 saturated heterocycles. The van der Waals surface area contributed by atoms with Crippen LogP contribution in [-0.2, 0) is 13.0 Å². The minimum Gasteiger partial charge on any atom is -0.341 e. The van der Waals surface area contributed by atoms with E-state index in [1.165, 1.54) is 35.4 Å². The Hall–Kier alpha value is -1.28. The first kappa shape index (κ1) is 21.7. The second kappa shape index (κ2) is 13.2. The molecule has 0 saturated carbocycles. The Morgan fingerprint density at radius 1 is 1.22 bits per heavy atom. The van der Waals surface area contributed by atoms with Gasteiger partial charge in [-0.2, -0.15) is 0 Å². The summed E-state index contributed by atoms with van der Waals surface area (Å²) in [5.74, 6) is 0. The van der Waals surface area contributed by atoms with Crippen molar-refractivity contribution >= 4 is 28.1 Å². The third-order valence-electron chi connectivity index (χ3n) is 3.51. The van der Waals surface area contributed by atoms with Crippen molar-refractivity contribution in [1.29, 1.82) is 0 Å². The lowest BCUT2D eigenvalue weighted by Crippen LogP contribution is -2.03. The van der Waals surface area contributed by atoms with Crippen molar-refractivity contribution in [2.75, 3.05) is 5.33 Å². The number of aromatic nitrogens is 1. The zero-order chi connectivity index (χ0) is 17.7. The molecule has 0 radical (unpaired) electrons. The molecule has 0 atom stereocenters. The summed E-state index contributed by atoms with van der Waals surface area (Å²) in [6.45, 7) is 16.5. The largest absolute Gasteiger partial charge is 0.341 e. The zero-order valence-corrected chi connectivity index (χ0v) is 16.8. The number of rotatable bonds is 5. The maximum absolute atomic E-state index is 3.98. The molecule has 1 heterocycles.